The molecular formula is C86H110N6O4S4. The third-order valence-corrected chi connectivity index (χ3v) is 24.7. The average molecular weight is 1420 g/mol. The molecule has 100 heavy (non-hydrogen) atoms. The van der Waals surface area contributed by atoms with E-state index in [4.69, 9.17) is 13.1 Å². The number of imide groups is 2. The SMILES string of the molecule is [C-]#[N+]C([N+]#[C-])=c1cc/c(=C\c2ccc(-c3cc4c5c(c(-c6ccc(/C=c7\ccc(=C(C#N)C#N)s7)s6)cc6c5c3C(=O)N(CC(CCCCCCCCCC)CCCCCCCCCCCC)C6=O)C(=O)N(CC(CCCCCCCCCC)CCCCCCCCCCCC)C4=O)s2)s1. The molecule has 2 aliphatic heterocycles. The molecule has 10 nitrogen and oxygen atoms in total. The zero-order valence-corrected chi connectivity index (χ0v) is 64.0. The van der Waals surface area contributed by atoms with Gasteiger partial charge in [0.05, 0.1) is 15.7 Å². The predicted octanol–water partition coefficient (Wildman–Crippen LogP) is 23.3. The Balaban J connectivity index is 1.24. The quantitative estimate of drug-likeness (QED) is 0.0212. The van der Waals surface area contributed by atoms with Gasteiger partial charge in [0.15, 0.2) is 0 Å². The van der Waals surface area contributed by atoms with Crippen LogP contribution in [0.15, 0.2) is 60.7 Å². The van der Waals surface area contributed by atoms with Crippen molar-refractivity contribution in [3.05, 3.63) is 134 Å². The van der Waals surface area contributed by atoms with Crippen molar-refractivity contribution in [3.63, 3.8) is 0 Å². The number of nitrogens with zero attached hydrogens (tertiary/aromatic N) is 6. The normalized spacial score (nSPS) is 13.7. The molecule has 4 aromatic heterocycles. The van der Waals surface area contributed by atoms with Crippen LogP contribution in [0, 0.1) is 47.6 Å². The lowest BCUT2D eigenvalue weighted by Crippen LogP contribution is -2.46. The van der Waals surface area contributed by atoms with Gasteiger partial charge in [-0.15, -0.1) is 45.3 Å². The van der Waals surface area contributed by atoms with Gasteiger partial charge >= 0.3 is 5.82 Å². The van der Waals surface area contributed by atoms with Gasteiger partial charge in [-0.05, 0) is 110 Å². The second-order valence-electron chi connectivity index (χ2n) is 28.3. The smallest absolute Gasteiger partial charge is 0.274 e. The summed E-state index contributed by atoms with van der Waals surface area (Å²) in [5, 5.41) is 20.2. The van der Waals surface area contributed by atoms with Crippen molar-refractivity contribution in [1.82, 2.24) is 9.80 Å². The summed E-state index contributed by atoms with van der Waals surface area (Å²) < 4.78 is 2.90. The molecule has 0 radical (unpaired) electrons. The largest absolute Gasteiger partial charge is 0.536 e. The van der Waals surface area contributed by atoms with Gasteiger partial charge in [0.2, 0.25) is 0 Å². The first kappa shape index (κ1) is 78.9. The molecule has 2 aromatic carbocycles. The Morgan fingerprint density at radius 2 is 0.710 bits per heavy atom. The maximum Gasteiger partial charge on any atom is 0.536 e. The fourth-order valence-electron chi connectivity index (χ4n) is 14.8. The minimum atomic E-state index is -0.401. The summed E-state index contributed by atoms with van der Waals surface area (Å²) in [7, 11) is 0. The number of rotatable bonds is 48. The lowest BCUT2D eigenvalue weighted by Gasteiger charge is -2.36. The topological polar surface area (TPSA) is 131 Å². The van der Waals surface area contributed by atoms with Gasteiger partial charge in [-0.2, -0.15) is 20.2 Å². The molecule has 4 amide bonds. The van der Waals surface area contributed by atoms with E-state index < -0.39 is 23.6 Å². The Morgan fingerprint density at radius 1 is 0.400 bits per heavy atom. The number of benzene rings is 2. The summed E-state index contributed by atoms with van der Waals surface area (Å²) >= 11 is 5.69. The highest BCUT2D eigenvalue weighted by Gasteiger charge is 2.44. The molecule has 2 aliphatic rings. The van der Waals surface area contributed by atoms with E-state index in [1.165, 1.54) is 235 Å². The van der Waals surface area contributed by atoms with E-state index in [9.17, 15) is 10.5 Å². The first-order valence-corrected chi connectivity index (χ1v) is 42.1. The van der Waals surface area contributed by atoms with Gasteiger partial charge in [-0.3, -0.25) is 29.0 Å². The highest BCUT2D eigenvalue weighted by atomic mass is 32.1. The Morgan fingerprint density at radius 3 is 1.03 bits per heavy atom. The molecule has 0 saturated heterocycles. The maximum absolute atomic E-state index is 16.2. The van der Waals surface area contributed by atoms with E-state index in [2.05, 4.69) is 37.4 Å². The molecule has 0 saturated carbocycles. The molecule has 0 fully saturated rings. The van der Waals surface area contributed by atoms with Crippen LogP contribution in [-0.4, -0.2) is 46.5 Å². The number of carbonyl (C=O) groups excluding carboxylic acids is 4. The molecule has 6 aromatic rings. The summed E-state index contributed by atoms with van der Waals surface area (Å²) in [5.41, 5.74) is 2.49. The highest BCUT2D eigenvalue weighted by molar-refractivity contribution is 7.17. The molecule has 532 valence electrons. The number of hydrogen-bond donors (Lipinski definition) is 0. The number of unbranched alkanes of at least 4 members (excludes halogenated alkanes) is 32. The molecule has 0 N–H and O–H groups in total. The number of hydrogen-bond acceptors (Lipinski definition) is 10. The second-order valence-corrected chi connectivity index (χ2v) is 32.8. The monoisotopic (exact) mass is 1420 g/mol. The third kappa shape index (κ3) is 22.6. The molecule has 2 atom stereocenters. The van der Waals surface area contributed by atoms with Crippen molar-refractivity contribution in [2.75, 3.05) is 13.1 Å². The summed E-state index contributed by atoms with van der Waals surface area (Å²) in [6.07, 6.45) is 51.2. The minimum absolute atomic E-state index is 0.0214. The van der Waals surface area contributed by atoms with E-state index in [0.717, 1.165) is 106 Å². The van der Waals surface area contributed by atoms with E-state index in [1.807, 2.05) is 72.8 Å². The fourth-order valence-corrected chi connectivity index (χ4v) is 18.8. The maximum atomic E-state index is 16.2. The summed E-state index contributed by atoms with van der Waals surface area (Å²) in [5.74, 6) is -1.41. The Kier molecular flexibility index (Phi) is 34.1. The molecule has 2 unspecified atom stereocenters. The van der Waals surface area contributed by atoms with Crippen LogP contribution in [0.5, 0.6) is 0 Å². The van der Waals surface area contributed by atoms with Crippen LogP contribution in [0.25, 0.3) is 64.9 Å². The van der Waals surface area contributed by atoms with Crippen LogP contribution >= 0.6 is 45.3 Å². The van der Waals surface area contributed by atoms with Crippen molar-refractivity contribution in [2.24, 2.45) is 11.8 Å². The van der Waals surface area contributed by atoms with Crippen molar-refractivity contribution < 1.29 is 19.2 Å². The van der Waals surface area contributed by atoms with Crippen molar-refractivity contribution in [2.45, 2.75) is 285 Å². The Hall–Kier alpha value is -6.78. The van der Waals surface area contributed by atoms with Gasteiger partial charge in [-0.25, -0.2) is 0 Å². The van der Waals surface area contributed by atoms with Gasteiger partial charge in [-0.1, -0.05) is 259 Å². The zero-order chi connectivity index (χ0) is 70.9. The van der Waals surface area contributed by atoms with Gasteiger partial charge < -0.3 is 0 Å². The Bertz CT molecular complexity index is 3800. The van der Waals surface area contributed by atoms with E-state index in [0.29, 0.717) is 53.2 Å². The number of carbonyl (C=O) groups is 4. The standard InChI is InChI=1S/C86H110N6O4S4/c1-7-11-15-19-23-27-29-33-37-41-45-63(43-39-35-31-25-21-17-13-9-3)61-91-84(94)73-58-71(76-53-49-68(99-76)56-69-50-54-77(100-69)82(89-5)90-6)81-79-72(57-70(80(78(73)79)85(91)95)75-52-48-67(98-75)55-66-47-51-74(97-66)65(59-87)60-88)83(93)92(86(81)96)62-64(44-40-36-32-26-22-18-14-10-4)46-42-38-34-30-28-24-20-16-12-8-2/h47-58,63-64H,7-46,61-62H2,1-4H3/b66-55+,69-56+. The lowest BCUT2D eigenvalue weighted by molar-refractivity contribution is 0.0557. The number of thiophene rings is 4. The number of nitriles is 2. The van der Waals surface area contributed by atoms with Crippen LogP contribution < -0.4 is 18.1 Å². The molecule has 6 heterocycles. The van der Waals surface area contributed by atoms with E-state index in [1.54, 1.807) is 12.1 Å². The first-order chi connectivity index (χ1) is 49.0. The van der Waals surface area contributed by atoms with Gasteiger partial charge in [0, 0.05) is 74.7 Å². The Labute approximate surface area is 614 Å². The summed E-state index contributed by atoms with van der Waals surface area (Å²) in [6, 6.07) is 23.2. The third-order valence-electron chi connectivity index (χ3n) is 20.5. The molecule has 0 bridgehead atoms. The van der Waals surface area contributed by atoms with E-state index in [-0.39, 0.29) is 36.3 Å². The number of amides is 4. The minimum Gasteiger partial charge on any atom is -0.274 e. The average Bonchev–Trinajstić information content (AvgIpc) is 0.753. The fraction of sp³-hybridized carbons (Fsp3) is 0.558. The predicted molar refractivity (Wildman–Crippen MR) is 421 cm³/mol. The van der Waals surface area contributed by atoms with Crippen molar-refractivity contribution in [1.29, 1.82) is 10.5 Å². The van der Waals surface area contributed by atoms with Crippen LogP contribution in [0.2, 0.25) is 0 Å². The van der Waals surface area contributed by atoms with E-state index >= 15 is 19.2 Å². The molecule has 8 rings (SSSR count). The van der Waals surface area contributed by atoms with Gasteiger partial charge in [0.1, 0.15) is 35.4 Å². The molecule has 14 heteroatoms. The summed E-state index contributed by atoms with van der Waals surface area (Å²) in [4.78, 5) is 77.7. The van der Waals surface area contributed by atoms with Crippen molar-refractivity contribution >= 4 is 103 Å². The van der Waals surface area contributed by atoms with Gasteiger partial charge in [0.25, 0.3) is 23.6 Å². The van der Waals surface area contributed by atoms with Crippen LogP contribution in [0.4, 0.5) is 0 Å². The molecule has 0 aliphatic carbocycles. The molecule has 0 spiro atoms. The first-order valence-electron chi connectivity index (χ1n) is 38.8. The van der Waals surface area contributed by atoms with Crippen LogP contribution in [0.3, 0.4) is 0 Å². The highest BCUT2D eigenvalue weighted by Crippen LogP contribution is 2.49. The molecular weight excluding hydrogens is 1310 g/mol. The van der Waals surface area contributed by atoms with Crippen LogP contribution in [0.1, 0.15) is 336 Å². The van der Waals surface area contributed by atoms with Crippen molar-refractivity contribution in [3.8, 4) is 33.0 Å². The second kappa shape index (κ2) is 43.2. The van der Waals surface area contributed by atoms with Crippen LogP contribution in [-0.2, 0) is 0 Å². The zero-order valence-electron chi connectivity index (χ0n) is 60.7. The summed E-state index contributed by atoms with van der Waals surface area (Å²) in [6.45, 7) is 24.8. The lowest BCUT2D eigenvalue weighted by atomic mass is 9.80.